The zero-order chi connectivity index (χ0) is 14.8. The predicted octanol–water partition coefficient (Wildman–Crippen LogP) is 1.42. The molecule has 0 heterocycles. The molecule has 0 spiro atoms. The number of rotatable bonds is 6. The largest absolute Gasteiger partial charge is 0.384 e. The quantitative estimate of drug-likeness (QED) is 0.631. The Labute approximate surface area is 120 Å². The monoisotopic (exact) mass is 275 g/mol. The minimum atomic E-state index is -0.169. The summed E-state index contributed by atoms with van der Waals surface area (Å²) in [5, 5.41) is 8.76. The van der Waals surface area contributed by atoms with Crippen molar-refractivity contribution in [2.24, 2.45) is 0 Å². The average Bonchev–Trinajstić information content (AvgIpc) is 2.46. The molecule has 0 aliphatic carbocycles. The smallest absolute Gasteiger partial charge is 0.224 e. The number of aliphatic hydroxyl groups is 1. The first-order chi connectivity index (χ1) is 9.69. The summed E-state index contributed by atoms with van der Waals surface area (Å²) in [5.41, 5.74) is 1.81. The van der Waals surface area contributed by atoms with Crippen LogP contribution in [0.1, 0.15) is 24.5 Å². The summed E-state index contributed by atoms with van der Waals surface area (Å²) in [6, 6.07) is 7.63. The molecule has 20 heavy (non-hydrogen) atoms. The lowest BCUT2D eigenvalue weighted by Crippen LogP contribution is -2.27. The van der Waals surface area contributed by atoms with Crippen LogP contribution in [0, 0.1) is 11.8 Å². The lowest BCUT2D eigenvalue weighted by Gasteiger charge is -2.18. The number of nitrogens with zero attached hydrogens (tertiary/aromatic N) is 1. The Morgan fingerprint density at radius 1 is 1.40 bits per heavy atom. The second-order valence-corrected chi connectivity index (χ2v) is 4.31. The van der Waals surface area contributed by atoms with E-state index < -0.39 is 0 Å². The van der Waals surface area contributed by atoms with Gasteiger partial charge in [0.2, 0.25) is 5.91 Å². The third-order valence-electron chi connectivity index (χ3n) is 2.82. The first-order valence-electron chi connectivity index (χ1n) is 6.68. The van der Waals surface area contributed by atoms with Gasteiger partial charge in [-0.15, -0.1) is 0 Å². The van der Waals surface area contributed by atoms with E-state index in [0.717, 1.165) is 11.1 Å². The summed E-state index contributed by atoms with van der Waals surface area (Å²) < 4.78 is 5.18. The molecule has 0 fully saturated rings. The summed E-state index contributed by atoms with van der Waals surface area (Å²) in [6.45, 7) is 3.31. The van der Waals surface area contributed by atoms with Crippen LogP contribution in [-0.2, 0) is 16.1 Å². The molecule has 0 atom stereocenters. The average molecular weight is 275 g/mol. The third kappa shape index (κ3) is 5.43. The highest BCUT2D eigenvalue weighted by Gasteiger charge is 2.10. The van der Waals surface area contributed by atoms with Gasteiger partial charge in [-0.05, 0) is 18.6 Å². The van der Waals surface area contributed by atoms with Gasteiger partial charge in [0.1, 0.15) is 6.61 Å². The van der Waals surface area contributed by atoms with E-state index >= 15 is 0 Å². The Morgan fingerprint density at radius 3 is 2.85 bits per heavy atom. The standard InChI is InChI=1S/C16H21NO3/c1-3-20-12-10-16(19)17(2)13-15-8-5-4-7-14(15)9-6-11-18/h4-5,7-8,18H,3,10-13H2,1-2H3. The van der Waals surface area contributed by atoms with Crippen LogP contribution in [0.5, 0.6) is 0 Å². The molecule has 4 nitrogen and oxygen atoms in total. The maximum absolute atomic E-state index is 11.9. The molecule has 1 rings (SSSR count). The van der Waals surface area contributed by atoms with Gasteiger partial charge in [-0.3, -0.25) is 4.79 Å². The Bertz CT molecular complexity index is 488. The van der Waals surface area contributed by atoms with Crippen LogP contribution < -0.4 is 0 Å². The fourth-order valence-corrected chi connectivity index (χ4v) is 1.75. The van der Waals surface area contributed by atoms with E-state index in [2.05, 4.69) is 11.8 Å². The van der Waals surface area contributed by atoms with Crippen molar-refractivity contribution in [2.75, 3.05) is 26.9 Å². The second kappa shape index (κ2) is 9.13. The van der Waals surface area contributed by atoms with Crippen LogP contribution in [0.4, 0.5) is 0 Å². The summed E-state index contributed by atoms with van der Waals surface area (Å²) in [7, 11) is 1.77. The molecule has 0 saturated carbocycles. The van der Waals surface area contributed by atoms with Crippen molar-refractivity contribution in [3.05, 3.63) is 35.4 Å². The molecule has 1 aromatic carbocycles. The molecule has 108 valence electrons. The van der Waals surface area contributed by atoms with Crippen LogP contribution >= 0.6 is 0 Å². The highest BCUT2D eigenvalue weighted by Crippen LogP contribution is 2.10. The molecule has 0 radical (unpaired) electrons. The van der Waals surface area contributed by atoms with Crippen molar-refractivity contribution in [1.29, 1.82) is 0 Å². The summed E-state index contributed by atoms with van der Waals surface area (Å²) in [4.78, 5) is 13.6. The summed E-state index contributed by atoms with van der Waals surface area (Å²) >= 11 is 0. The van der Waals surface area contributed by atoms with Gasteiger partial charge in [0.25, 0.3) is 0 Å². The van der Waals surface area contributed by atoms with E-state index in [0.29, 0.717) is 26.2 Å². The van der Waals surface area contributed by atoms with E-state index in [-0.39, 0.29) is 12.5 Å². The van der Waals surface area contributed by atoms with Gasteiger partial charge in [-0.1, -0.05) is 30.0 Å². The first kappa shape index (κ1) is 16.2. The molecule has 1 aromatic rings. The van der Waals surface area contributed by atoms with Gasteiger partial charge in [0, 0.05) is 25.8 Å². The Balaban J connectivity index is 2.65. The molecular weight excluding hydrogens is 254 g/mol. The number of benzene rings is 1. The lowest BCUT2D eigenvalue weighted by atomic mass is 10.1. The fraction of sp³-hybridized carbons (Fsp3) is 0.438. The van der Waals surface area contributed by atoms with E-state index in [1.807, 2.05) is 31.2 Å². The highest BCUT2D eigenvalue weighted by atomic mass is 16.5. The molecule has 4 heteroatoms. The normalized spacial score (nSPS) is 9.75. The Hall–Kier alpha value is -1.83. The van der Waals surface area contributed by atoms with Crippen LogP contribution in [-0.4, -0.2) is 42.8 Å². The van der Waals surface area contributed by atoms with Crippen molar-refractivity contribution >= 4 is 5.91 Å². The SMILES string of the molecule is CCOCCC(=O)N(C)Cc1ccccc1C#CCO. The molecule has 0 unspecified atom stereocenters. The summed E-state index contributed by atoms with van der Waals surface area (Å²) in [6.07, 6.45) is 0.384. The second-order valence-electron chi connectivity index (χ2n) is 4.31. The fourth-order valence-electron chi connectivity index (χ4n) is 1.75. The van der Waals surface area contributed by atoms with Crippen molar-refractivity contribution < 1.29 is 14.6 Å². The number of aliphatic hydroxyl groups excluding tert-OH is 1. The highest BCUT2D eigenvalue weighted by molar-refractivity contribution is 5.76. The van der Waals surface area contributed by atoms with E-state index in [1.165, 1.54) is 0 Å². The number of carbonyl (C=O) groups excluding carboxylic acids is 1. The number of ether oxygens (including phenoxy) is 1. The zero-order valence-corrected chi connectivity index (χ0v) is 12.1. The number of hydrogen-bond acceptors (Lipinski definition) is 3. The van der Waals surface area contributed by atoms with Crippen molar-refractivity contribution in [2.45, 2.75) is 19.9 Å². The van der Waals surface area contributed by atoms with Gasteiger partial charge in [-0.2, -0.15) is 0 Å². The molecule has 0 aliphatic rings. The third-order valence-corrected chi connectivity index (χ3v) is 2.82. The van der Waals surface area contributed by atoms with Crippen molar-refractivity contribution in [3.8, 4) is 11.8 Å². The number of amides is 1. The Kier molecular flexibility index (Phi) is 7.41. The van der Waals surface area contributed by atoms with E-state index in [9.17, 15) is 4.79 Å². The van der Waals surface area contributed by atoms with Gasteiger partial charge in [-0.25, -0.2) is 0 Å². The van der Waals surface area contributed by atoms with Gasteiger partial charge < -0.3 is 14.7 Å². The molecule has 0 aliphatic heterocycles. The molecule has 1 N–H and O–H groups in total. The minimum absolute atomic E-state index is 0.0448. The van der Waals surface area contributed by atoms with E-state index in [1.54, 1.807) is 11.9 Å². The van der Waals surface area contributed by atoms with Crippen LogP contribution in [0.25, 0.3) is 0 Å². The predicted molar refractivity (Wildman–Crippen MR) is 78.0 cm³/mol. The lowest BCUT2D eigenvalue weighted by molar-refractivity contribution is -0.131. The number of hydrogen-bond donors (Lipinski definition) is 1. The molecule has 0 bridgehead atoms. The molecular formula is C16H21NO3. The minimum Gasteiger partial charge on any atom is -0.384 e. The topological polar surface area (TPSA) is 49.8 Å². The van der Waals surface area contributed by atoms with E-state index in [4.69, 9.17) is 9.84 Å². The first-order valence-corrected chi connectivity index (χ1v) is 6.68. The molecule has 0 saturated heterocycles. The summed E-state index contributed by atoms with van der Waals surface area (Å²) in [5.74, 6) is 5.57. The van der Waals surface area contributed by atoms with Crippen LogP contribution in [0.15, 0.2) is 24.3 Å². The van der Waals surface area contributed by atoms with Crippen molar-refractivity contribution in [3.63, 3.8) is 0 Å². The number of carbonyl (C=O) groups is 1. The van der Waals surface area contributed by atoms with Gasteiger partial charge >= 0.3 is 0 Å². The molecule has 0 aromatic heterocycles. The van der Waals surface area contributed by atoms with Gasteiger partial charge in [0.15, 0.2) is 0 Å². The van der Waals surface area contributed by atoms with Gasteiger partial charge in [0.05, 0.1) is 13.0 Å². The maximum Gasteiger partial charge on any atom is 0.224 e. The van der Waals surface area contributed by atoms with Crippen LogP contribution in [0.3, 0.4) is 0 Å². The van der Waals surface area contributed by atoms with Crippen LogP contribution in [0.2, 0.25) is 0 Å². The maximum atomic E-state index is 11.9. The Morgan fingerprint density at radius 2 is 2.15 bits per heavy atom. The molecule has 1 amide bonds. The zero-order valence-electron chi connectivity index (χ0n) is 12.1. The van der Waals surface area contributed by atoms with Crippen molar-refractivity contribution in [1.82, 2.24) is 4.90 Å².